The molecular weight excluding hydrogens is 473 g/mol. The minimum absolute atomic E-state index is 0.0524. The van der Waals surface area contributed by atoms with E-state index in [2.05, 4.69) is 25.7 Å². The fourth-order valence-electron chi connectivity index (χ4n) is 3.72. The predicted molar refractivity (Wildman–Crippen MR) is 129 cm³/mol. The van der Waals surface area contributed by atoms with Crippen LogP contribution in [-0.4, -0.2) is 80.9 Å². The molecule has 0 saturated carbocycles. The van der Waals surface area contributed by atoms with E-state index in [0.29, 0.717) is 49.1 Å². The average molecular weight is 500 g/mol. The van der Waals surface area contributed by atoms with Gasteiger partial charge >= 0.3 is 0 Å². The van der Waals surface area contributed by atoms with Gasteiger partial charge in [0.2, 0.25) is 11.1 Å². The Bertz CT molecular complexity index is 1180. The number of tetrazole rings is 1. The zero-order valence-electron chi connectivity index (χ0n) is 19.5. The number of hydrogen-bond donors (Lipinski definition) is 1. The number of aromatic nitrogens is 4. The van der Waals surface area contributed by atoms with Crippen molar-refractivity contribution in [3.8, 4) is 5.75 Å². The summed E-state index contributed by atoms with van der Waals surface area (Å²) in [4.78, 5) is 29.1. The SMILES string of the molecule is COc1ccc(CN2CCN(C(=O)c3ccc(NC(=O)CSc4nnnn4C)cc3)CC2)cc1F. The van der Waals surface area contributed by atoms with Gasteiger partial charge in [0.05, 0.1) is 12.9 Å². The van der Waals surface area contributed by atoms with Crippen molar-refractivity contribution in [2.45, 2.75) is 11.7 Å². The molecule has 0 spiro atoms. The first-order chi connectivity index (χ1) is 16.9. The van der Waals surface area contributed by atoms with Gasteiger partial charge in [-0.1, -0.05) is 17.8 Å². The number of piperazine rings is 1. The Hall–Kier alpha value is -3.51. The van der Waals surface area contributed by atoms with Crippen molar-refractivity contribution in [3.05, 3.63) is 59.4 Å². The Morgan fingerprint density at radius 2 is 1.86 bits per heavy atom. The topological polar surface area (TPSA) is 105 Å². The molecule has 0 atom stereocenters. The third-order valence-electron chi connectivity index (χ3n) is 5.61. The number of amides is 2. The van der Waals surface area contributed by atoms with Gasteiger partial charge in [0.1, 0.15) is 0 Å². The van der Waals surface area contributed by atoms with E-state index in [1.807, 2.05) is 11.0 Å². The van der Waals surface area contributed by atoms with Crippen LogP contribution < -0.4 is 10.1 Å². The van der Waals surface area contributed by atoms with Gasteiger partial charge in [-0.05, 0) is 52.4 Å². The summed E-state index contributed by atoms with van der Waals surface area (Å²) >= 11 is 1.24. The highest BCUT2D eigenvalue weighted by Crippen LogP contribution is 2.20. The van der Waals surface area contributed by atoms with E-state index in [4.69, 9.17) is 4.74 Å². The van der Waals surface area contributed by atoms with Crippen LogP contribution >= 0.6 is 11.8 Å². The minimum atomic E-state index is -0.375. The number of carbonyl (C=O) groups excluding carboxylic acids is 2. The van der Waals surface area contributed by atoms with Crippen LogP contribution in [0.15, 0.2) is 47.6 Å². The number of halogens is 1. The summed E-state index contributed by atoms with van der Waals surface area (Å²) in [6.45, 7) is 3.19. The van der Waals surface area contributed by atoms with E-state index in [-0.39, 0.29) is 29.1 Å². The standard InChI is InChI=1S/C23H26FN7O3S/c1-29-23(26-27-28-29)35-15-21(32)25-18-6-4-17(5-7-18)22(33)31-11-9-30(10-12-31)14-16-3-8-20(34-2)19(24)13-16/h3-8,13H,9-12,14-15H2,1-2H3,(H,25,32). The quantitative estimate of drug-likeness (QED) is 0.470. The van der Waals surface area contributed by atoms with Gasteiger partial charge in [-0.3, -0.25) is 14.5 Å². The Balaban J connectivity index is 1.24. The number of carbonyl (C=O) groups is 2. The molecule has 2 amide bonds. The van der Waals surface area contributed by atoms with Gasteiger partial charge in [-0.2, -0.15) is 0 Å². The van der Waals surface area contributed by atoms with Crippen LogP contribution in [-0.2, 0) is 18.4 Å². The van der Waals surface area contributed by atoms with Crippen molar-refractivity contribution in [1.82, 2.24) is 30.0 Å². The Morgan fingerprint density at radius 1 is 1.11 bits per heavy atom. The van der Waals surface area contributed by atoms with E-state index < -0.39 is 0 Å². The Morgan fingerprint density at radius 3 is 2.49 bits per heavy atom. The van der Waals surface area contributed by atoms with Crippen molar-refractivity contribution in [1.29, 1.82) is 0 Å². The van der Waals surface area contributed by atoms with Crippen LogP contribution in [0.5, 0.6) is 5.75 Å². The zero-order chi connectivity index (χ0) is 24.8. The monoisotopic (exact) mass is 499 g/mol. The van der Waals surface area contributed by atoms with Gasteiger partial charge < -0.3 is 15.0 Å². The number of anilines is 1. The fraction of sp³-hybridized carbons (Fsp3) is 0.348. The lowest BCUT2D eigenvalue weighted by Gasteiger charge is -2.34. The molecule has 1 aromatic heterocycles. The molecule has 0 bridgehead atoms. The molecule has 12 heteroatoms. The number of methoxy groups -OCH3 is 1. The summed E-state index contributed by atoms with van der Waals surface area (Å²) in [5, 5.41) is 14.4. The Labute approximate surface area is 206 Å². The number of benzene rings is 2. The van der Waals surface area contributed by atoms with Gasteiger partial charge in [0.15, 0.2) is 11.6 Å². The highest BCUT2D eigenvalue weighted by molar-refractivity contribution is 7.99. The minimum Gasteiger partial charge on any atom is -0.494 e. The van der Waals surface area contributed by atoms with Crippen LogP contribution in [0.25, 0.3) is 0 Å². The van der Waals surface area contributed by atoms with Gasteiger partial charge in [0, 0.05) is 51.0 Å². The molecular formula is C23H26FN7O3S. The van der Waals surface area contributed by atoms with Crippen LogP contribution in [0.3, 0.4) is 0 Å². The molecule has 1 saturated heterocycles. The number of nitrogens with one attached hydrogen (secondary N) is 1. The highest BCUT2D eigenvalue weighted by atomic mass is 32.2. The number of ether oxygens (including phenoxy) is 1. The summed E-state index contributed by atoms with van der Waals surface area (Å²) in [5.74, 6) is -0.219. The van der Waals surface area contributed by atoms with E-state index in [1.165, 1.54) is 29.6 Å². The third-order valence-corrected chi connectivity index (χ3v) is 6.62. The van der Waals surface area contributed by atoms with E-state index >= 15 is 0 Å². The van der Waals surface area contributed by atoms with Crippen LogP contribution in [0.4, 0.5) is 10.1 Å². The number of thioether (sulfide) groups is 1. The summed E-state index contributed by atoms with van der Waals surface area (Å²) in [7, 11) is 3.15. The molecule has 2 aromatic carbocycles. The van der Waals surface area contributed by atoms with E-state index in [9.17, 15) is 14.0 Å². The van der Waals surface area contributed by atoms with E-state index in [0.717, 1.165) is 5.56 Å². The largest absolute Gasteiger partial charge is 0.494 e. The number of nitrogens with zero attached hydrogens (tertiary/aromatic N) is 6. The first-order valence-corrected chi connectivity index (χ1v) is 12.0. The molecule has 1 N–H and O–H groups in total. The number of rotatable bonds is 8. The van der Waals surface area contributed by atoms with Crippen molar-refractivity contribution in [3.63, 3.8) is 0 Å². The molecule has 1 aliphatic rings. The fourth-order valence-corrected chi connectivity index (χ4v) is 4.37. The molecule has 1 aliphatic heterocycles. The molecule has 2 heterocycles. The van der Waals surface area contributed by atoms with Crippen molar-refractivity contribution in [2.75, 3.05) is 44.4 Å². The van der Waals surface area contributed by atoms with Crippen LogP contribution in [0.2, 0.25) is 0 Å². The lowest BCUT2D eigenvalue weighted by Crippen LogP contribution is -2.48. The summed E-state index contributed by atoms with van der Waals surface area (Å²) in [6.07, 6.45) is 0. The predicted octanol–water partition coefficient (Wildman–Crippen LogP) is 2.05. The van der Waals surface area contributed by atoms with Crippen molar-refractivity contribution in [2.24, 2.45) is 7.05 Å². The second-order valence-corrected chi connectivity index (χ2v) is 8.98. The molecule has 0 aliphatic carbocycles. The number of aryl methyl sites for hydroxylation is 1. The number of hydrogen-bond acceptors (Lipinski definition) is 8. The lowest BCUT2D eigenvalue weighted by atomic mass is 10.1. The van der Waals surface area contributed by atoms with Crippen molar-refractivity contribution >= 4 is 29.3 Å². The summed E-state index contributed by atoms with van der Waals surface area (Å²) in [6, 6.07) is 11.8. The van der Waals surface area contributed by atoms with Crippen molar-refractivity contribution < 1.29 is 18.7 Å². The maximum Gasteiger partial charge on any atom is 0.253 e. The van der Waals surface area contributed by atoms with Gasteiger partial charge in [0.25, 0.3) is 5.91 Å². The summed E-state index contributed by atoms with van der Waals surface area (Å²) < 4.78 is 20.4. The molecule has 3 aromatic rings. The normalized spacial score (nSPS) is 14.1. The van der Waals surface area contributed by atoms with Gasteiger partial charge in [-0.15, -0.1) is 5.10 Å². The second kappa shape index (κ2) is 11.3. The zero-order valence-corrected chi connectivity index (χ0v) is 20.3. The van der Waals surface area contributed by atoms with Gasteiger partial charge in [-0.25, -0.2) is 9.07 Å². The molecule has 184 valence electrons. The average Bonchev–Trinajstić information content (AvgIpc) is 3.28. The molecule has 0 radical (unpaired) electrons. The molecule has 1 fully saturated rings. The summed E-state index contributed by atoms with van der Waals surface area (Å²) in [5.41, 5.74) is 2.04. The maximum atomic E-state index is 13.9. The third kappa shape index (κ3) is 6.34. The van der Waals surface area contributed by atoms with Crippen LogP contribution in [0.1, 0.15) is 15.9 Å². The first-order valence-electron chi connectivity index (χ1n) is 11.0. The lowest BCUT2D eigenvalue weighted by molar-refractivity contribution is -0.113. The molecule has 0 unspecified atom stereocenters. The first kappa shape index (κ1) is 24.6. The van der Waals surface area contributed by atoms with Crippen LogP contribution in [0, 0.1) is 5.82 Å². The maximum absolute atomic E-state index is 13.9. The second-order valence-electron chi connectivity index (χ2n) is 8.04. The highest BCUT2D eigenvalue weighted by Gasteiger charge is 2.22. The molecule has 4 rings (SSSR count). The molecule has 10 nitrogen and oxygen atoms in total. The smallest absolute Gasteiger partial charge is 0.253 e. The van der Waals surface area contributed by atoms with E-state index in [1.54, 1.807) is 37.4 Å². The molecule has 35 heavy (non-hydrogen) atoms. The Kier molecular flexibility index (Phi) is 7.93.